The molecule has 0 saturated heterocycles. The summed E-state index contributed by atoms with van der Waals surface area (Å²) in [5, 5.41) is 2.43. The molecular weight excluding hydrogens is 446 g/mol. The molecule has 4 nitrogen and oxygen atoms in total. The number of hydrogen-bond acceptors (Lipinski definition) is 4. The van der Waals surface area contributed by atoms with Crippen molar-refractivity contribution in [2.45, 2.75) is 45.6 Å². The Labute approximate surface area is 213 Å². The van der Waals surface area contributed by atoms with E-state index >= 15 is 0 Å². The predicted octanol–water partition coefficient (Wildman–Crippen LogP) is 8.20. The number of esters is 1. The fourth-order valence-electron chi connectivity index (χ4n) is 4.09. The van der Waals surface area contributed by atoms with Gasteiger partial charge in [0.2, 0.25) is 0 Å². The number of nitrogens with zero attached hydrogens (tertiary/aromatic N) is 1. The van der Waals surface area contributed by atoms with Gasteiger partial charge in [0.25, 0.3) is 0 Å². The number of carbonyl (C=O) groups is 1. The molecule has 184 valence electrons. The number of carbonyl (C=O) groups excluding carboxylic acids is 1. The lowest BCUT2D eigenvalue weighted by atomic mass is 10.00. The molecule has 4 rings (SSSR count). The van der Waals surface area contributed by atoms with Gasteiger partial charge in [0.05, 0.1) is 18.2 Å². The molecule has 4 aromatic carbocycles. The van der Waals surface area contributed by atoms with Crippen LogP contribution in [-0.4, -0.2) is 18.8 Å². The second-order valence-corrected chi connectivity index (χ2v) is 8.91. The van der Waals surface area contributed by atoms with Crippen LogP contribution in [0.3, 0.4) is 0 Å². The van der Waals surface area contributed by atoms with Crippen LogP contribution in [-0.2, 0) is 0 Å². The van der Waals surface area contributed by atoms with Crippen molar-refractivity contribution in [3.05, 3.63) is 108 Å². The maximum atomic E-state index is 12.6. The summed E-state index contributed by atoms with van der Waals surface area (Å²) < 4.78 is 11.3. The van der Waals surface area contributed by atoms with Gasteiger partial charge < -0.3 is 9.47 Å². The average Bonchev–Trinajstić information content (AvgIpc) is 2.92. The van der Waals surface area contributed by atoms with Gasteiger partial charge in [0, 0.05) is 6.21 Å². The summed E-state index contributed by atoms with van der Waals surface area (Å²) >= 11 is 0. The summed E-state index contributed by atoms with van der Waals surface area (Å²) in [6.07, 6.45) is 6.52. The Morgan fingerprint density at radius 2 is 1.56 bits per heavy atom. The van der Waals surface area contributed by atoms with E-state index in [0.29, 0.717) is 17.9 Å². The van der Waals surface area contributed by atoms with Crippen LogP contribution in [0.1, 0.15) is 67.1 Å². The highest BCUT2D eigenvalue weighted by Crippen LogP contribution is 2.26. The molecule has 0 amide bonds. The first-order valence-electron chi connectivity index (χ1n) is 12.7. The molecule has 0 aliphatic rings. The normalized spacial score (nSPS) is 12.1. The molecule has 0 heterocycles. The summed E-state index contributed by atoms with van der Waals surface area (Å²) in [4.78, 5) is 17.3. The van der Waals surface area contributed by atoms with Crippen molar-refractivity contribution >= 4 is 23.0 Å². The van der Waals surface area contributed by atoms with E-state index in [0.717, 1.165) is 17.7 Å². The van der Waals surface area contributed by atoms with Crippen molar-refractivity contribution in [3.63, 3.8) is 0 Å². The molecule has 0 N–H and O–H groups in total. The van der Waals surface area contributed by atoms with E-state index < -0.39 is 5.97 Å². The van der Waals surface area contributed by atoms with Gasteiger partial charge in [0.15, 0.2) is 0 Å². The monoisotopic (exact) mass is 479 g/mol. The lowest BCUT2D eigenvalue weighted by Crippen LogP contribution is -2.08. The molecule has 0 spiro atoms. The van der Waals surface area contributed by atoms with Gasteiger partial charge in [-0.15, -0.1) is 0 Å². The molecule has 36 heavy (non-hydrogen) atoms. The molecule has 0 aliphatic carbocycles. The Kier molecular flexibility index (Phi) is 8.87. The Morgan fingerprint density at radius 1 is 0.833 bits per heavy atom. The molecular formula is C32H33NO3. The van der Waals surface area contributed by atoms with Gasteiger partial charge in [-0.2, -0.15) is 0 Å². The molecule has 0 aliphatic heterocycles. The van der Waals surface area contributed by atoms with Gasteiger partial charge in [-0.1, -0.05) is 80.8 Å². The fraction of sp³-hybridized carbons (Fsp3) is 0.250. The highest BCUT2D eigenvalue weighted by molar-refractivity contribution is 5.92. The molecule has 0 saturated carbocycles. The lowest BCUT2D eigenvalue weighted by molar-refractivity contribution is 0.0734. The first kappa shape index (κ1) is 25.2. The standard InChI is InChI=1S/C32H33NO3/c1-3-4-5-8-22-35-28-18-20-29(21-19-28)36-32(34)27-16-14-25(15-17-27)23-33-24(2)30-13-9-11-26-10-6-7-12-31(26)30/h6-7,9-21,23-24H,3-5,8,22H2,1-2H3. The van der Waals surface area contributed by atoms with E-state index in [-0.39, 0.29) is 6.04 Å². The summed E-state index contributed by atoms with van der Waals surface area (Å²) in [7, 11) is 0. The maximum Gasteiger partial charge on any atom is 0.343 e. The minimum atomic E-state index is -0.393. The van der Waals surface area contributed by atoms with E-state index in [9.17, 15) is 4.79 Å². The van der Waals surface area contributed by atoms with Gasteiger partial charge in [-0.25, -0.2) is 4.79 Å². The Morgan fingerprint density at radius 3 is 2.33 bits per heavy atom. The van der Waals surface area contributed by atoms with Crippen LogP contribution in [0.25, 0.3) is 10.8 Å². The number of aliphatic imine (C=N–C) groups is 1. The zero-order valence-corrected chi connectivity index (χ0v) is 21.0. The SMILES string of the molecule is CCCCCCOc1ccc(OC(=O)c2ccc(C=NC(C)c3cccc4ccccc34)cc2)cc1. The topological polar surface area (TPSA) is 47.9 Å². The summed E-state index contributed by atoms with van der Waals surface area (Å²) in [6.45, 7) is 4.99. The third-order valence-electron chi connectivity index (χ3n) is 6.17. The van der Waals surface area contributed by atoms with Crippen LogP contribution in [0, 0.1) is 0 Å². The van der Waals surface area contributed by atoms with Crippen LogP contribution in [0.5, 0.6) is 11.5 Å². The van der Waals surface area contributed by atoms with Crippen molar-refractivity contribution in [1.82, 2.24) is 0 Å². The molecule has 4 heteroatoms. The highest BCUT2D eigenvalue weighted by atomic mass is 16.5. The van der Waals surface area contributed by atoms with Crippen LogP contribution in [0.2, 0.25) is 0 Å². The van der Waals surface area contributed by atoms with Gasteiger partial charge in [-0.05, 0) is 71.6 Å². The number of fused-ring (bicyclic) bond motifs is 1. The second kappa shape index (κ2) is 12.7. The van der Waals surface area contributed by atoms with Crippen molar-refractivity contribution in [2.75, 3.05) is 6.61 Å². The fourth-order valence-corrected chi connectivity index (χ4v) is 4.09. The molecule has 1 unspecified atom stereocenters. The number of ether oxygens (including phenoxy) is 2. The largest absolute Gasteiger partial charge is 0.494 e. The number of hydrogen-bond donors (Lipinski definition) is 0. The van der Waals surface area contributed by atoms with E-state index in [1.165, 1.54) is 35.6 Å². The van der Waals surface area contributed by atoms with Crippen molar-refractivity contribution in [1.29, 1.82) is 0 Å². The molecule has 0 radical (unpaired) electrons. The van der Waals surface area contributed by atoms with Gasteiger partial charge in [-0.3, -0.25) is 4.99 Å². The van der Waals surface area contributed by atoms with E-state index in [1.807, 2.05) is 36.5 Å². The third kappa shape index (κ3) is 6.82. The maximum absolute atomic E-state index is 12.6. The summed E-state index contributed by atoms with van der Waals surface area (Å²) in [5.41, 5.74) is 2.61. The van der Waals surface area contributed by atoms with Crippen molar-refractivity contribution in [3.8, 4) is 11.5 Å². The minimum Gasteiger partial charge on any atom is -0.494 e. The number of unbranched alkanes of at least 4 members (excludes halogenated alkanes) is 3. The first-order valence-corrected chi connectivity index (χ1v) is 12.7. The molecule has 0 fully saturated rings. The molecule has 1 atom stereocenters. The summed E-state index contributed by atoms with van der Waals surface area (Å²) in [5.74, 6) is 0.886. The first-order chi connectivity index (χ1) is 17.6. The van der Waals surface area contributed by atoms with E-state index in [4.69, 9.17) is 14.5 Å². The zero-order valence-electron chi connectivity index (χ0n) is 21.0. The van der Waals surface area contributed by atoms with Gasteiger partial charge >= 0.3 is 5.97 Å². The van der Waals surface area contributed by atoms with Crippen molar-refractivity contribution < 1.29 is 14.3 Å². The van der Waals surface area contributed by atoms with Crippen LogP contribution in [0.4, 0.5) is 0 Å². The molecule has 4 aromatic rings. The van der Waals surface area contributed by atoms with Crippen LogP contribution < -0.4 is 9.47 Å². The van der Waals surface area contributed by atoms with Crippen LogP contribution in [0.15, 0.2) is 96.0 Å². The Balaban J connectivity index is 1.31. The van der Waals surface area contributed by atoms with E-state index in [1.54, 1.807) is 24.3 Å². The summed E-state index contributed by atoms with van der Waals surface area (Å²) in [6, 6.07) is 29.1. The number of rotatable bonds is 11. The van der Waals surface area contributed by atoms with E-state index in [2.05, 4.69) is 50.2 Å². The predicted molar refractivity (Wildman–Crippen MR) is 147 cm³/mol. The highest BCUT2D eigenvalue weighted by Gasteiger charge is 2.10. The van der Waals surface area contributed by atoms with Gasteiger partial charge in [0.1, 0.15) is 11.5 Å². The average molecular weight is 480 g/mol. The lowest BCUT2D eigenvalue weighted by Gasteiger charge is -2.10. The quantitative estimate of drug-likeness (QED) is 0.0942. The Bertz CT molecular complexity index is 1290. The molecule has 0 aromatic heterocycles. The number of benzene rings is 4. The zero-order chi connectivity index (χ0) is 25.2. The minimum absolute atomic E-state index is 0.0176. The Hall–Kier alpha value is -3.92. The van der Waals surface area contributed by atoms with Crippen molar-refractivity contribution in [2.24, 2.45) is 4.99 Å². The third-order valence-corrected chi connectivity index (χ3v) is 6.17. The second-order valence-electron chi connectivity index (χ2n) is 8.91. The smallest absolute Gasteiger partial charge is 0.343 e. The molecule has 0 bridgehead atoms. The van der Waals surface area contributed by atoms with Crippen LogP contribution >= 0.6 is 0 Å².